The van der Waals surface area contributed by atoms with Gasteiger partial charge < -0.3 is 5.73 Å². The second-order valence-electron chi connectivity index (χ2n) is 3.68. The summed E-state index contributed by atoms with van der Waals surface area (Å²) in [7, 11) is 0. The van der Waals surface area contributed by atoms with Crippen molar-refractivity contribution in [2.75, 3.05) is 5.73 Å². The largest absolute Gasteiger partial charge is 0.398 e. The van der Waals surface area contributed by atoms with Crippen molar-refractivity contribution in [3.63, 3.8) is 0 Å². The molecule has 1 nitrogen and oxygen atoms in total. The first-order valence-electron chi connectivity index (χ1n) is 5.01. The van der Waals surface area contributed by atoms with E-state index in [9.17, 15) is 0 Å². The summed E-state index contributed by atoms with van der Waals surface area (Å²) in [5.41, 5.74) is 11.0. The van der Waals surface area contributed by atoms with E-state index in [1.807, 2.05) is 6.07 Å². The highest BCUT2D eigenvalue weighted by atomic mass is 14.6. The van der Waals surface area contributed by atoms with Crippen LogP contribution in [0.3, 0.4) is 0 Å². The highest BCUT2D eigenvalue weighted by molar-refractivity contribution is 5.53. The molecule has 0 saturated heterocycles. The summed E-state index contributed by atoms with van der Waals surface area (Å²) in [6.45, 7) is 6.52. The Balaban J connectivity index is 2.96. The molecule has 1 aromatic carbocycles. The van der Waals surface area contributed by atoms with E-state index < -0.39 is 0 Å². The summed E-state index contributed by atoms with van der Waals surface area (Å²) < 4.78 is 0. The molecular formula is C12H19N. The number of benzene rings is 1. The number of nitrogen functional groups attached to an aromatic ring is 1. The van der Waals surface area contributed by atoms with E-state index in [4.69, 9.17) is 5.73 Å². The van der Waals surface area contributed by atoms with Crippen LogP contribution in [0.15, 0.2) is 12.1 Å². The van der Waals surface area contributed by atoms with E-state index in [-0.39, 0.29) is 0 Å². The number of hydrogen-bond donors (Lipinski definition) is 1. The summed E-state index contributed by atoms with van der Waals surface area (Å²) in [6, 6.07) is 4.12. The number of anilines is 1. The number of hydrogen-bond acceptors (Lipinski definition) is 1. The van der Waals surface area contributed by atoms with Gasteiger partial charge in [-0.25, -0.2) is 0 Å². The first-order chi connectivity index (χ1) is 6.16. The molecule has 0 aliphatic heterocycles. The van der Waals surface area contributed by atoms with Gasteiger partial charge in [-0.1, -0.05) is 19.4 Å². The van der Waals surface area contributed by atoms with Crippen LogP contribution in [0.1, 0.15) is 36.5 Å². The summed E-state index contributed by atoms with van der Waals surface area (Å²) in [6.07, 6.45) is 3.58. The molecule has 1 rings (SSSR count). The van der Waals surface area contributed by atoms with Gasteiger partial charge in [0.2, 0.25) is 0 Å². The van der Waals surface area contributed by atoms with Crippen molar-refractivity contribution in [2.24, 2.45) is 0 Å². The van der Waals surface area contributed by atoms with E-state index in [0.717, 1.165) is 12.1 Å². The Kier molecular flexibility index (Phi) is 3.35. The SMILES string of the molecule is CCCCc1c(N)ccc(C)c1C. The molecule has 72 valence electrons. The number of aryl methyl sites for hydroxylation is 1. The van der Waals surface area contributed by atoms with Gasteiger partial charge in [0, 0.05) is 5.69 Å². The fourth-order valence-corrected chi connectivity index (χ4v) is 1.58. The molecular weight excluding hydrogens is 158 g/mol. The summed E-state index contributed by atoms with van der Waals surface area (Å²) in [5, 5.41) is 0. The van der Waals surface area contributed by atoms with Gasteiger partial charge in [0.15, 0.2) is 0 Å². The molecule has 0 bridgehead atoms. The van der Waals surface area contributed by atoms with E-state index in [1.165, 1.54) is 29.5 Å². The third-order valence-corrected chi connectivity index (χ3v) is 2.69. The van der Waals surface area contributed by atoms with Crippen LogP contribution in [-0.4, -0.2) is 0 Å². The zero-order valence-corrected chi connectivity index (χ0v) is 8.85. The molecule has 0 fully saturated rings. The smallest absolute Gasteiger partial charge is 0.0349 e. The monoisotopic (exact) mass is 177 g/mol. The van der Waals surface area contributed by atoms with Crippen molar-refractivity contribution < 1.29 is 0 Å². The van der Waals surface area contributed by atoms with Crippen molar-refractivity contribution in [1.82, 2.24) is 0 Å². The van der Waals surface area contributed by atoms with Crippen LogP contribution in [0.2, 0.25) is 0 Å². The Labute approximate surface area is 81.0 Å². The predicted molar refractivity (Wildman–Crippen MR) is 58.9 cm³/mol. The molecule has 0 aliphatic carbocycles. The van der Waals surface area contributed by atoms with Crippen LogP contribution in [0.25, 0.3) is 0 Å². The predicted octanol–water partition coefficient (Wildman–Crippen LogP) is 3.23. The minimum Gasteiger partial charge on any atom is -0.398 e. The molecule has 0 heterocycles. The third-order valence-electron chi connectivity index (χ3n) is 2.69. The Morgan fingerprint density at radius 2 is 1.92 bits per heavy atom. The molecule has 13 heavy (non-hydrogen) atoms. The minimum atomic E-state index is 0.955. The Bertz CT molecular complexity index is 289. The number of unbranched alkanes of at least 4 members (excludes halogenated alkanes) is 1. The molecule has 2 N–H and O–H groups in total. The normalized spacial score (nSPS) is 10.4. The zero-order valence-electron chi connectivity index (χ0n) is 8.85. The molecule has 0 saturated carbocycles. The Hall–Kier alpha value is -0.980. The second-order valence-corrected chi connectivity index (χ2v) is 3.68. The van der Waals surface area contributed by atoms with E-state index >= 15 is 0 Å². The lowest BCUT2D eigenvalue weighted by Crippen LogP contribution is -1.99. The van der Waals surface area contributed by atoms with Crippen molar-refractivity contribution in [3.05, 3.63) is 28.8 Å². The lowest BCUT2D eigenvalue weighted by molar-refractivity contribution is 0.792. The van der Waals surface area contributed by atoms with E-state index in [2.05, 4.69) is 26.8 Å². The number of nitrogens with two attached hydrogens (primary N) is 1. The summed E-state index contributed by atoms with van der Waals surface area (Å²) in [5.74, 6) is 0. The van der Waals surface area contributed by atoms with Gasteiger partial charge >= 0.3 is 0 Å². The summed E-state index contributed by atoms with van der Waals surface area (Å²) in [4.78, 5) is 0. The Morgan fingerprint density at radius 1 is 1.23 bits per heavy atom. The lowest BCUT2D eigenvalue weighted by Gasteiger charge is -2.11. The molecule has 1 heteroatoms. The molecule has 0 amide bonds. The van der Waals surface area contributed by atoms with Crippen LogP contribution < -0.4 is 5.73 Å². The molecule has 0 aliphatic rings. The molecule has 1 aromatic rings. The highest BCUT2D eigenvalue weighted by Crippen LogP contribution is 2.21. The van der Waals surface area contributed by atoms with Crippen LogP contribution in [0, 0.1) is 13.8 Å². The first-order valence-corrected chi connectivity index (χ1v) is 5.01. The van der Waals surface area contributed by atoms with Gasteiger partial charge in [0.05, 0.1) is 0 Å². The van der Waals surface area contributed by atoms with Crippen LogP contribution in [0.5, 0.6) is 0 Å². The average molecular weight is 177 g/mol. The first kappa shape index (κ1) is 10.1. The van der Waals surface area contributed by atoms with Gasteiger partial charge in [0.25, 0.3) is 0 Å². The minimum absolute atomic E-state index is 0.955. The van der Waals surface area contributed by atoms with Gasteiger partial charge in [0.1, 0.15) is 0 Å². The highest BCUT2D eigenvalue weighted by Gasteiger charge is 2.04. The van der Waals surface area contributed by atoms with Crippen LogP contribution in [-0.2, 0) is 6.42 Å². The van der Waals surface area contributed by atoms with Crippen LogP contribution in [0.4, 0.5) is 5.69 Å². The van der Waals surface area contributed by atoms with Gasteiger partial charge in [-0.05, 0) is 49.4 Å². The van der Waals surface area contributed by atoms with Crippen molar-refractivity contribution in [1.29, 1.82) is 0 Å². The average Bonchev–Trinajstić information content (AvgIpc) is 2.12. The lowest BCUT2D eigenvalue weighted by atomic mass is 9.97. The van der Waals surface area contributed by atoms with Gasteiger partial charge in [-0.3, -0.25) is 0 Å². The topological polar surface area (TPSA) is 26.0 Å². The maximum atomic E-state index is 5.93. The molecule has 0 radical (unpaired) electrons. The molecule has 0 unspecified atom stereocenters. The van der Waals surface area contributed by atoms with Crippen molar-refractivity contribution in [3.8, 4) is 0 Å². The standard InChI is InChI=1S/C12H19N/c1-4-5-6-11-10(3)9(2)7-8-12(11)13/h7-8H,4-6,13H2,1-3H3. The zero-order chi connectivity index (χ0) is 9.84. The Morgan fingerprint density at radius 3 is 2.54 bits per heavy atom. The quantitative estimate of drug-likeness (QED) is 0.705. The van der Waals surface area contributed by atoms with E-state index in [0.29, 0.717) is 0 Å². The summed E-state index contributed by atoms with van der Waals surface area (Å²) >= 11 is 0. The number of rotatable bonds is 3. The maximum Gasteiger partial charge on any atom is 0.0349 e. The van der Waals surface area contributed by atoms with Crippen molar-refractivity contribution in [2.45, 2.75) is 40.0 Å². The van der Waals surface area contributed by atoms with Crippen molar-refractivity contribution >= 4 is 5.69 Å². The third kappa shape index (κ3) is 2.24. The molecule has 0 aromatic heterocycles. The van der Waals surface area contributed by atoms with Gasteiger partial charge in [-0.2, -0.15) is 0 Å². The second kappa shape index (κ2) is 4.31. The van der Waals surface area contributed by atoms with Crippen LogP contribution >= 0.6 is 0 Å². The van der Waals surface area contributed by atoms with E-state index in [1.54, 1.807) is 0 Å². The fraction of sp³-hybridized carbons (Fsp3) is 0.500. The fourth-order valence-electron chi connectivity index (χ4n) is 1.58. The van der Waals surface area contributed by atoms with Gasteiger partial charge in [-0.15, -0.1) is 0 Å². The molecule has 0 spiro atoms. The molecule has 0 atom stereocenters. The maximum absolute atomic E-state index is 5.93.